The average molecular weight is 1560 g/mol. The highest BCUT2D eigenvalue weighted by Crippen LogP contribution is 2.50. The molecule has 0 aliphatic rings. The fourth-order valence-electron chi connectivity index (χ4n) is 6.75. The van der Waals surface area contributed by atoms with E-state index >= 15 is 0 Å². The molecule has 1 aromatic rings. The van der Waals surface area contributed by atoms with Gasteiger partial charge in [-0.25, -0.2) is 18.0 Å². The van der Waals surface area contributed by atoms with Gasteiger partial charge in [0, 0.05) is 62.6 Å². The number of rotatable bonds is 10. The molecule has 0 aliphatic carbocycles. The van der Waals surface area contributed by atoms with E-state index in [2.05, 4.69) is 125 Å². The lowest BCUT2D eigenvalue weighted by molar-refractivity contribution is -0.134. The lowest BCUT2D eigenvalue weighted by atomic mass is 9.56. The van der Waals surface area contributed by atoms with Crippen LogP contribution in [-0.4, -0.2) is 127 Å². The topological polar surface area (TPSA) is 284 Å². The molecule has 0 radical (unpaired) electrons. The van der Waals surface area contributed by atoms with Gasteiger partial charge >= 0.3 is 12.1 Å². The van der Waals surface area contributed by atoms with E-state index in [0.29, 0.717) is 40.6 Å². The summed E-state index contributed by atoms with van der Waals surface area (Å²) in [4.78, 5) is 103. The first-order chi connectivity index (χ1) is 46.8. The van der Waals surface area contributed by atoms with E-state index in [4.69, 9.17) is 0 Å². The van der Waals surface area contributed by atoms with Crippen molar-refractivity contribution >= 4 is 74.2 Å². The first-order valence-corrected chi connectivity index (χ1v) is 40.7. The first-order valence-electron chi connectivity index (χ1n) is 38.2. The predicted molar refractivity (Wildman–Crippen MR) is 461 cm³/mol. The second-order valence-electron chi connectivity index (χ2n) is 39.7. The van der Waals surface area contributed by atoms with Crippen molar-refractivity contribution in [3.05, 3.63) is 35.9 Å². The Hall–Kier alpha value is -5.25. The van der Waals surface area contributed by atoms with E-state index in [-0.39, 0.29) is 87.9 Å². The molecule has 22 heteroatoms. The Kier molecular flexibility index (Phi) is 60.6. The smallest absolute Gasteiger partial charge is 0.408 e. The van der Waals surface area contributed by atoms with Gasteiger partial charge in [-0.3, -0.25) is 33.6 Å². The van der Waals surface area contributed by atoms with E-state index in [1.165, 1.54) is 16.7 Å². The molecule has 0 aromatic heterocycles. The molecule has 0 spiro atoms. The quantitative estimate of drug-likeness (QED) is 0.0848. The number of ether oxygens (including phenoxy) is 1. The number of nitrogens with one attached hydrogen (secondary N) is 7. The maximum absolute atomic E-state index is 11.7. The Morgan fingerprint density at radius 1 is 0.402 bits per heavy atom. The maximum atomic E-state index is 11.7. The zero-order chi connectivity index (χ0) is 89.0. The van der Waals surface area contributed by atoms with Crippen LogP contribution in [-0.2, 0) is 38.5 Å². The summed E-state index contributed by atoms with van der Waals surface area (Å²) in [6, 6.07) is 9.21. The molecule has 20 nitrogen and oxygen atoms in total. The third kappa shape index (κ3) is 68.5. The maximum Gasteiger partial charge on any atom is 0.408 e. The van der Waals surface area contributed by atoms with Gasteiger partial charge < -0.3 is 46.9 Å². The summed E-state index contributed by atoms with van der Waals surface area (Å²) in [5.41, 5.74) is 0.0665. The summed E-state index contributed by atoms with van der Waals surface area (Å²) < 4.78 is 26.7. The average Bonchev–Trinajstić information content (AvgIpc) is 0.796. The highest BCUT2D eigenvalue weighted by molar-refractivity contribution is 8.13. The predicted octanol–water partition coefficient (Wildman–Crippen LogP) is 20.9. The summed E-state index contributed by atoms with van der Waals surface area (Å²) in [6.07, 6.45) is -0.526. The number of ketones is 2. The zero-order valence-corrected chi connectivity index (χ0v) is 80.4. The molecule has 0 fully saturated rings. The van der Waals surface area contributed by atoms with Crippen LogP contribution in [0.4, 0.5) is 14.4 Å². The summed E-state index contributed by atoms with van der Waals surface area (Å²) in [6.45, 7) is 98.2. The molecule has 0 atom stereocenters. The van der Waals surface area contributed by atoms with Gasteiger partial charge in [0.15, 0.2) is 15.6 Å². The van der Waals surface area contributed by atoms with Gasteiger partial charge in [-0.2, -0.15) is 0 Å². The zero-order valence-electron chi connectivity index (χ0n) is 78.8. The van der Waals surface area contributed by atoms with Gasteiger partial charge in [-0.1, -0.05) is 305 Å². The number of hydrogen-bond acceptors (Lipinski definition) is 13. The van der Waals surface area contributed by atoms with Crippen LogP contribution in [0, 0.1) is 59.6 Å². The van der Waals surface area contributed by atoms with Crippen LogP contribution >= 0.6 is 11.8 Å². The van der Waals surface area contributed by atoms with Crippen LogP contribution < -0.4 is 37.2 Å². The van der Waals surface area contributed by atoms with Crippen LogP contribution in [0.1, 0.15) is 350 Å². The number of hydrogen-bond donors (Lipinski definition) is 7. The molecule has 0 saturated heterocycles. The van der Waals surface area contributed by atoms with E-state index in [1.54, 1.807) is 76.3 Å². The molecule has 638 valence electrons. The fourth-order valence-corrected chi connectivity index (χ4v) is 9.02. The van der Waals surface area contributed by atoms with Crippen molar-refractivity contribution < 1.29 is 56.3 Å². The van der Waals surface area contributed by atoms with Gasteiger partial charge in [0.1, 0.15) is 5.78 Å². The summed E-state index contributed by atoms with van der Waals surface area (Å²) in [5.74, 6) is 1.09. The molecule has 0 bridgehead atoms. The van der Waals surface area contributed by atoms with Gasteiger partial charge in [0.05, 0.1) is 36.1 Å². The molecule has 107 heavy (non-hydrogen) atoms. The number of amides is 8. The minimum Gasteiger partial charge on any atom is -0.450 e. The second-order valence-corrected chi connectivity index (χ2v) is 44.4. The molecule has 8 amide bonds. The van der Waals surface area contributed by atoms with Crippen molar-refractivity contribution in [1.29, 1.82) is 0 Å². The Bertz CT molecular complexity index is 2660. The molecule has 1 rings (SSSR count). The van der Waals surface area contributed by atoms with Crippen LogP contribution in [0.25, 0.3) is 0 Å². The van der Waals surface area contributed by atoms with Gasteiger partial charge in [0.25, 0.3) is 5.24 Å². The highest BCUT2D eigenvalue weighted by atomic mass is 32.2. The van der Waals surface area contributed by atoms with Crippen molar-refractivity contribution in [2.45, 2.75) is 354 Å². The Morgan fingerprint density at radius 3 is 0.879 bits per heavy atom. The van der Waals surface area contributed by atoms with E-state index in [1.807, 2.05) is 217 Å². The van der Waals surface area contributed by atoms with Crippen LogP contribution in [0.3, 0.4) is 0 Å². The van der Waals surface area contributed by atoms with E-state index < -0.39 is 41.7 Å². The van der Waals surface area contributed by atoms with Crippen LogP contribution in [0.2, 0.25) is 0 Å². The number of carbonyl (C=O) groups is 9. The van der Waals surface area contributed by atoms with Crippen LogP contribution in [0.5, 0.6) is 0 Å². The second kappa shape index (κ2) is 52.8. The normalized spacial score (nSPS) is 11.9. The standard InChI is InChI=1S/C11H14O.C11H24.C10H21N3O2.C9H18N2O3.C9H18N2O2S.C9H19NO.C9H18O.C8H18O2S.C5H12.2C2H6/c1-11(2,3)10(12)9-7-5-4-6-8-9;1-9(2,3)11(7,8)10(4,5)6;1-6-13(5)9(15)12-7-11-8(14)10(2,3)4;2*1-5-14-8(13)11-6-10-7(12)9(2,3)4;1-8(2,3)7(11)10-9(4,5)6;1-8(2,3)7(10)9(4,5)6;1-7(2,3)11(9,10)8(4,5)6;1-5(2,3)4;2*1-2/h4-8H,1-3H3;1-8H3;6-7H2,1-5H3,(H,11,14)(H,12,15);2*5-6H2,1-4H3,(H,10,12)(H,11,13);1-6H3,(H,10,11);1-6H3;1-6H3;1-4H3;2*1-2H3. The molecular weight excluding hydrogens is 1390 g/mol. The van der Waals surface area contributed by atoms with Crippen molar-refractivity contribution in [3.8, 4) is 0 Å². The van der Waals surface area contributed by atoms with Crippen molar-refractivity contribution in [3.63, 3.8) is 0 Å². The van der Waals surface area contributed by atoms with Crippen molar-refractivity contribution in [1.82, 2.24) is 42.1 Å². The third-order valence-electron chi connectivity index (χ3n) is 14.5. The number of urea groups is 1. The Balaban J connectivity index is -0.000000124. The summed E-state index contributed by atoms with van der Waals surface area (Å²) in [5, 5.41) is 18.2. The number of thioether (sulfide) groups is 1. The molecule has 0 saturated carbocycles. The van der Waals surface area contributed by atoms with E-state index in [9.17, 15) is 51.6 Å². The Labute approximate surface area is 664 Å². The number of Topliss-reactive ketones (excluding diaryl/α,β-unsaturated/α-hetero) is 2. The monoisotopic (exact) mass is 1560 g/mol. The van der Waals surface area contributed by atoms with Gasteiger partial charge in [-0.05, 0) is 104 Å². The van der Waals surface area contributed by atoms with Crippen molar-refractivity contribution in [2.75, 3.05) is 46.0 Å². The van der Waals surface area contributed by atoms with Gasteiger partial charge in [0.2, 0.25) is 23.6 Å². The summed E-state index contributed by atoms with van der Waals surface area (Å²) >= 11 is 1.19. The van der Waals surface area contributed by atoms with Gasteiger partial charge in [-0.15, -0.1) is 0 Å². The minimum atomic E-state index is -3.01. The number of nitrogens with zero attached hydrogens (tertiary/aromatic N) is 1. The molecule has 1 aromatic carbocycles. The van der Waals surface area contributed by atoms with E-state index in [0.717, 1.165) is 11.3 Å². The SMILES string of the molecule is CC.CC.CC(C)(C)C.CC(C)(C)C(=O)C(C)(C)C.CC(C)(C)C(=O)c1ccccc1.CC(C)(C)C(C)(C)C(C)(C)C.CC(C)(C)NC(=O)C(C)(C)C.CC(C)(C)S(=O)(=O)C(C)(C)C.CCN(C)C(=O)NCNC(=O)C(C)(C)C.CCOC(=O)NCNC(=O)C(C)(C)C.CCSC(=O)NCNC(=O)C(C)(C)C. The Morgan fingerprint density at radius 2 is 0.692 bits per heavy atom. The summed E-state index contributed by atoms with van der Waals surface area (Å²) in [7, 11) is -1.32. The molecular formula is C85H174N8O12S2. The first kappa shape index (κ1) is 123. The lowest BCUT2D eigenvalue weighted by Gasteiger charge is -2.49. The number of carbonyl (C=O) groups excluding carboxylic acids is 9. The fraction of sp³-hybridized carbons (Fsp3) is 0.824. The lowest BCUT2D eigenvalue weighted by Crippen LogP contribution is -2.46. The third-order valence-corrected chi connectivity index (χ3v) is 18.4. The van der Waals surface area contributed by atoms with Crippen LogP contribution in [0.15, 0.2) is 30.3 Å². The largest absolute Gasteiger partial charge is 0.450 e. The van der Waals surface area contributed by atoms with Crippen molar-refractivity contribution in [2.24, 2.45) is 59.6 Å². The number of benzene rings is 1. The number of sulfone groups is 1. The minimum absolute atomic E-state index is 0.0701. The molecule has 0 heterocycles. The number of alkyl carbamates (subject to hydrolysis) is 1. The highest BCUT2D eigenvalue weighted by Gasteiger charge is 2.43. The molecule has 7 N–H and O–H groups in total. The molecule has 0 unspecified atom stereocenters. The molecule has 0 aliphatic heterocycles.